The van der Waals surface area contributed by atoms with Crippen LogP contribution in [0.3, 0.4) is 0 Å². The first-order valence-electron chi connectivity index (χ1n) is 6.58. The Morgan fingerprint density at radius 1 is 1.40 bits per heavy atom. The van der Waals surface area contributed by atoms with E-state index in [9.17, 15) is 14.4 Å². The highest BCUT2D eigenvalue weighted by molar-refractivity contribution is 5.77. The molecule has 0 saturated carbocycles. The molecule has 0 aliphatic heterocycles. The topological polar surface area (TPSA) is 68.6 Å². The van der Waals surface area contributed by atoms with Crippen LogP contribution in [0.4, 0.5) is 0 Å². The monoisotopic (exact) mass is 280 g/mol. The Bertz CT molecular complexity index is 467. The van der Waals surface area contributed by atoms with Crippen molar-refractivity contribution in [2.45, 2.75) is 26.3 Å². The number of hydrogen-bond acceptors (Lipinski definition) is 4. The summed E-state index contributed by atoms with van der Waals surface area (Å²) in [5.41, 5.74) is 0.548. The molecule has 0 spiro atoms. The predicted molar refractivity (Wildman–Crippen MR) is 73.3 cm³/mol. The molecule has 0 N–H and O–H groups in total. The third-order valence-corrected chi connectivity index (χ3v) is 2.93. The summed E-state index contributed by atoms with van der Waals surface area (Å²) in [7, 11) is 1.65. The molecule has 0 aromatic carbocycles. The van der Waals surface area contributed by atoms with Gasteiger partial charge in [0.1, 0.15) is 0 Å². The van der Waals surface area contributed by atoms with Crippen molar-refractivity contribution in [1.29, 1.82) is 0 Å². The molecule has 1 amide bonds. The summed E-state index contributed by atoms with van der Waals surface area (Å²) in [5, 5.41) is 0. The summed E-state index contributed by atoms with van der Waals surface area (Å²) in [6.45, 7) is 2.88. The van der Waals surface area contributed by atoms with Gasteiger partial charge in [-0.2, -0.15) is 0 Å². The van der Waals surface area contributed by atoms with Gasteiger partial charge < -0.3 is 14.2 Å². The van der Waals surface area contributed by atoms with Gasteiger partial charge in [0.25, 0.3) is 0 Å². The van der Waals surface area contributed by atoms with Crippen LogP contribution in [0.25, 0.3) is 0 Å². The molecule has 0 atom stereocenters. The van der Waals surface area contributed by atoms with Gasteiger partial charge in [-0.3, -0.25) is 14.4 Å². The zero-order valence-electron chi connectivity index (χ0n) is 11.9. The van der Waals surface area contributed by atoms with Crippen molar-refractivity contribution in [2.75, 3.05) is 20.2 Å². The van der Waals surface area contributed by atoms with Gasteiger partial charge in [-0.25, -0.2) is 0 Å². The Kier molecular flexibility index (Phi) is 6.49. The van der Waals surface area contributed by atoms with Crippen LogP contribution in [-0.4, -0.2) is 47.8 Å². The molecule has 0 aliphatic rings. The van der Waals surface area contributed by atoms with E-state index in [2.05, 4.69) is 0 Å². The zero-order chi connectivity index (χ0) is 15.0. The Morgan fingerprint density at radius 2 is 2.15 bits per heavy atom. The van der Waals surface area contributed by atoms with Crippen LogP contribution >= 0.6 is 0 Å². The molecule has 0 bridgehead atoms. The minimum absolute atomic E-state index is 0.0696. The average Bonchev–Trinajstić information content (AvgIpc) is 2.89. The van der Waals surface area contributed by atoms with Gasteiger partial charge in [0.05, 0.1) is 18.7 Å². The number of carbonyl (C=O) groups excluding carboxylic acids is 3. The van der Waals surface area contributed by atoms with Crippen molar-refractivity contribution in [3.63, 3.8) is 0 Å². The second-order valence-corrected chi connectivity index (χ2v) is 4.36. The minimum Gasteiger partial charge on any atom is -0.466 e. The second-order valence-electron chi connectivity index (χ2n) is 4.36. The SMILES string of the molecule is CCOC(=O)CCN(C)C(=O)CCn1cccc1C=O. The van der Waals surface area contributed by atoms with Crippen molar-refractivity contribution < 1.29 is 19.1 Å². The number of nitrogens with zero attached hydrogens (tertiary/aromatic N) is 2. The van der Waals surface area contributed by atoms with E-state index >= 15 is 0 Å². The molecule has 1 aromatic heterocycles. The van der Waals surface area contributed by atoms with Crippen molar-refractivity contribution in [1.82, 2.24) is 9.47 Å². The number of aromatic nitrogens is 1. The number of aldehydes is 1. The van der Waals surface area contributed by atoms with Gasteiger partial charge in [-0.15, -0.1) is 0 Å². The Hall–Kier alpha value is -2.11. The zero-order valence-corrected chi connectivity index (χ0v) is 11.9. The minimum atomic E-state index is -0.305. The van der Waals surface area contributed by atoms with E-state index in [1.165, 1.54) is 4.90 Å². The highest BCUT2D eigenvalue weighted by Crippen LogP contribution is 2.03. The molecule has 0 saturated heterocycles. The summed E-state index contributed by atoms with van der Waals surface area (Å²) in [6, 6.07) is 3.46. The largest absolute Gasteiger partial charge is 0.466 e. The van der Waals surface area contributed by atoms with Gasteiger partial charge >= 0.3 is 5.97 Å². The maximum absolute atomic E-state index is 11.9. The third kappa shape index (κ3) is 4.87. The molecule has 0 radical (unpaired) electrons. The lowest BCUT2D eigenvalue weighted by molar-refractivity contribution is -0.143. The van der Waals surface area contributed by atoms with Crippen LogP contribution in [0, 0.1) is 0 Å². The van der Waals surface area contributed by atoms with Crippen molar-refractivity contribution in [3.05, 3.63) is 24.0 Å². The van der Waals surface area contributed by atoms with Crippen LogP contribution in [0.5, 0.6) is 0 Å². The van der Waals surface area contributed by atoms with E-state index in [0.29, 0.717) is 25.4 Å². The highest BCUT2D eigenvalue weighted by Gasteiger charge is 2.11. The summed E-state index contributed by atoms with van der Waals surface area (Å²) >= 11 is 0. The molecule has 1 heterocycles. The third-order valence-electron chi connectivity index (χ3n) is 2.93. The van der Waals surface area contributed by atoms with E-state index in [0.717, 1.165) is 6.29 Å². The van der Waals surface area contributed by atoms with Crippen LogP contribution in [0.1, 0.15) is 30.3 Å². The Balaban J connectivity index is 2.35. The van der Waals surface area contributed by atoms with Gasteiger partial charge in [0.2, 0.25) is 5.91 Å². The molecule has 1 rings (SSSR count). The molecular weight excluding hydrogens is 260 g/mol. The number of esters is 1. The number of amides is 1. The fraction of sp³-hybridized carbons (Fsp3) is 0.500. The molecule has 20 heavy (non-hydrogen) atoms. The fourth-order valence-electron chi connectivity index (χ4n) is 1.76. The number of hydrogen-bond donors (Lipinski definition) is 0. The normalized spacial score (nSPS) is 10.1. The summed E-state index contributed by atoms with van der Waals surface area (Å²) in [6.07, 6.45) is 3.00. The van der Waals surface area contributed by atoms with Crippen molar-refractivity contribution >= 4 is 18.2 Å². The second kappa shape index (κ2) is 8.14. The Morgan fingerprint density at radius 3 is 2.80 bits per heavy atom. The maximum Gasteiger partial charge on any atom is 0.307 e. The molecule has 0 unspecified atom stereocenters. The standard InChI is InChI=1S/C14H20N2O4/c1-3-20-14(19)7-9-15(2)13(18)6-10-16-8-4-5-12(16)11-17/h4-5,8,11H,3,6-7,9-10H2,1-2H3. The van der Waals surface area contributed by atoms with Gasteiger partial charge in [-0.05, 0) is 19.1 Å². The molecule has 0 aliphatic carbocycles. The average molecular weight is 280 g/mol. The molecule has 0 fully saturated rings. The van der Waals surface area contributed by atoms with Crippen molar-refractivity contribution in [2.24, 2.45) is 0 Å². The van der Waals surface area contributed by atoms with E-state index in [1.54, 1.807) is 36.9 Å². The number of carbonyl (C=O) groups is 3. The quantitative estimate of drug-likeness (QED) is 0.528. The van der Waals surface area contributed by atoms with Crippen LogP contribution in [0.15, 0.2) is 18.3 Å². The van der Waals surface area contributed by atoms with Gasteiger partial charge in [-0.1, -0.05) is 0 Å². The van der Waals surface area contributed by atoms with E-state index in [1.807, 2.05) is 0 Å². The summed E-state index contributed by atoms with van der Waals surface area (Å²) in [4.78, 5) is 35.3. The lowest BCUT2D eigenvalue weighted by Crippen LogP contribution is -2.30. The van der Waals surface area contributed by atoms with Crippen LogP contribution in [-0.2, 0) is 20.9 Å². The highest BCUT2D eigenvalue weighted by atomic mass is 16.5. The smallest absolute Gasteiger partial charge is 0.307 e. The molecule has 1 aromatic rings. The number of ether oxygens (including phenoxy) is 1. The van der Waals surface area contributed by atoms with E-state index in [-0.39, 0.29) is 24.7 Å². The summed E-state index contributed by atoms with van der Waals surface area (Å²) in [5.74, 6) is -0.374. The molecule has 6 heteroatoms. The lowest BCUT2D eigenvalue weighted by Gasteiger charge is -2.17. The van der Waals surface area contributed by atoms with Gasteiger partial charge in [0, 0.05) is 32.8 Å². The Labute approximate surface area is 118 Å². The maximum atomic E-state index is 11.9. The first-order chi connectivity index (χ1) is 9.58. The van der Waals surface area contributed by atoms with Crippen LogP contribution in [0.2, 0.25) is 0 Å². The molecule has 110 valence electrons. The first kappa shape index (κ1) is 15.9. The number of rotatable bonds is 8. The van der Waals surface area contributed by atoms with Crippen molar-refractivity contribution in [3.8, 4) is 0 Å². The first-order valence-corrected chi connectivity index (χ1v) is 6.58. The van der Waals surface area contributed by atoms with E-state index in [4.69, 9.17) is 4.74 Å². The van der Waals surface area contributed by atoms with Crippen LogP contribution < -0.4 is 0 Å². The van der Waals surface area contributed by atoms with E-state index < -0.39 is 0 Å². The summed E-state index contributed by atoms with van der Waals surface area (Å²) < 4.78 is 6.53. The predicted octanol–water partition coefficient (Wildman–Crippen LogP) is 1.10. The van der Waals surface area contributed by atoms with Gasteiger partial charge in [0.15, 0.2) is 6.29 Å². The molecular formula is C14H20N2O4. The molecule has 6 nitrogen and oxygen atoms in total. The lowest BCUT2D eigenvalue weighted by atomic mass is 10.3. The fourth-order valence-corrected chi connectivity index (χ4v) is 1.76. The number of aryl methyl sites for hydroxylation is 1.